The number of carbonyl (C=O) groups is 1. The minimum atomic E-state index is -0.352. The molecule has 0 unspecified atom stereocenters. The molecule has 1 aromatic heterocycles. The maximum atomic E-state index is 12.0. The van der Waals surface area contributed by atoms with Crippen LogP contribution in [0.1, 0.15) is 21.6 Å². The third-order valence-corrected chi connectivity index (χ3v) is 2.98. The number of hydrogen-bond acceptors (Lipinski definition) is 4. The Morgan fingerprint density at radius 2 is 2.20 bits per heavy atom. The van der Waals surface area contributed by atoms with E-state index in [-0.39, 0.29) is 17.2 Å². The Hall–Kier alpha value is -2.56. The molecule has 0 spiro atoms. The lowest BCUT2D eigenvalue weighted by Crippen LogP contribution is -2.23. The minimum Gasteiger partial charge on any atom is -0.507 e. The standard InChI is InChI=1S/C15H16N2O3/c1-10-4-3-7-16-13(10)9-17-15(19)12-6-5-11(20-2)8-14(12)18/h3-8,18H,9H2,1-2H3,(H,17,19). The van der Waals surface area contributed by atoms with Crippen LogP contribution in [-0.2, 0) is 6.54 Å². The summed E-state index contributed by atoms with van der Waals surface area (Å²) in [6.45, 7) is 2.25. The van der Waals surface area contributed by atoms with Gasteiger partial charge in [-0.2, -0.15) is 0 Å². The molecular weight excluding hydrogens is 256 g/mol. The first-order chi connectivity index (χ1) is 9.61. The number of nitrogens with one attached hydrogen (secondary N) is 1. The highest BCUT2D eigenvalue weighted by molar-refractivity contribution is 5.96. The zero-order valence-corrected chi connectivity index (χ0v) is 11.4. The van der Waals surface area contributed by atoms with Crippen molar-refractivity contribution in [2.75, 3.05) is 7.11 Å². The van der Waals surface area contributed by atoms with Crippen LogP contribution in [0.2, 0.25) is 0 Å². The summed E-state index contributed by atoms with van der Waals surface area (Å²) in [7, 11) is 1.50. The van der Waals surface area contributed by atoms with Gasteiger partial charge in [0, 0.05) is 12.3 Å². The van der Waals surface area contributed by atoms with E-state index >= 15 is 0 Å². The molecule has 2 rings (SSSR count). The van der Waals surface area contributed by atoms with Gasteiger partial charge in [0.2, 0.25) is 0 Å². The molecule has 104 valence electrons. The molecule has 0 atom stereocenters. The van der Waals surface area contributed by atoms with Crippen molar-refractivity contribution in [3.8, 4) is 11.5 Å². The first-order valence-corrected chi connectivity index (χ1v) is 6.17. The topological polar surface area (TPSA) is 71.5 Å². The number of phenolic OH excluding ortho intramolecular Hbond substituents is 1. The number of hydrogen-bond donors (Lipinski definition) is 2. The summed E-state index contributed by atoms with van der Waals surface area (Å²) in [5.41, 5.74) is 2.01. The molecule has 1 heterocycles. The van der Waals surface area contributed by atoms with E-state index in [4.69, 9.17) is 4.74 Å². The molecule has 0 fully saturated rings. The van der Waals surface area contributed by atoms with Crippen molar-refractivity contribution in [2.45, 2.75) is 13.5 Å². The van der Waals surface area contributed by atoms with Gasteiger partial charge in [0.1, 0.15) is 11.5 Å². The van der Waals surface area contributed by atoms with E-state index in [1.165, 1.54) is 19.2 Å². The van der Waals surface area contributed by atoms with Gasteiger partial charge >= 0.3 is 0 Å². The van der Waals surface area contributed by atoms with Gasteiger partial charge in [-0.1, -0.05) is 6.07 Å². The number of ether oxygens (including phenoxy) is 1. The zero-order valence-electron chi connectivity index (χ0n) is 11.4. The molecule has 0 radical (unpaired) electrons. The Labute approximate surface area is 117 Å². The molecule has 0 bridgehead atoms. The smallest absolute Gasteiger partial charge is 0.255 e. The number of aryl methyl sites for hydroxylation is 1. The minimum absolute atomic E-state index is 0.111. The summed E-state index contributed by atoms with van der Waals surface area (Å²) in [4.78, 5) is 16.2. The normalized spacial score (nSPS) is 10.1. The van der Waals surface area contributed by atoms with Gasteiger partial charge < -0.3 is 15.2 Å². The van der Waals surface area contributed by atoms with Crippen molar-refractivity contribution in [3.63, 3.8) is 0 Å². The van der Waals surface area contributed by atoms with Crippen molar-refractivity contribution in [3.05, 3.63) is 53.3 Å². The first-order valence-electron chi connectivity index (χ1n) is 6.17. The van der Waals surface area contributed by atoms with Crippen molar-refractivity contribution >= 4 is 5.91 Å². The van der Waals surface area contributed by atoms with Gasteiger partial charge in [-0.3, -0.25) is 9.78 Å². The van der Waals surface area contributed by atoms with Crippen LogP contribution < -0.4 is 10.1 Å². The molecular formula is C15H16N2O3. The van der Waals surface area contributed by atoms with Crippen LogP contribution in [0.25, 0.3) is 0 Å². The molecule has 0 aliphatic carbocycles. The second-order valence-electron chi connectivity index (χ2n) is 4.33. The lowest BCUT2D eigenvalue weighted by molar-refractivity contribution is 0.0947. The Balaban J connectivity index is 2.07. The highest BCUT2D eigenvalue weighted by Gasteiger charge is 2.12. The summed E-state index contributed by atoms with van der Waals surface area (Å²) in [6.07, 6.45) is 1.68. The number of rotatable bonds is 4. The lowest BCUT2D eigenvalue weighted by Gasteiger charge is -2.09. The molecule has 1 amide bonds. The maximum Gasteiger partial charge on any atom is 0.255 e. The van der Waals surface area contributed by atoms with Crippen molar-refractivity contribution in [1.82, 2.24) is 10.3 Å². The lowest BCUT2D eigenvalue weighted by atomic mass is 10.1. The fraction of sp³-hybridized carbons (Fsp3) is 0.200. The highest BCUT2D eigenvalue weighted by Crippen LogP contribution is 2.23. The van der Waals surface area contributed by atoms with Crippen LogP contribution in [0.4, 0.5) is 0 Å². The van der Waals surface area contributed by atoms with E-state index in [2.05, 4.69) is 10.3 Å². The predicted octanol–water partition coefficient (Wildman–Crippen LogP) is 2.03. The Bertz CT molecular complexity index is 626. The molecule has 1 aromatic carbocycles. The molecule has 0 aliphatic heterocycles. The Kier molecular flexibility index (Phi) is 4.20. The average Bonchev–Trinajstić information content (AvgIpc) is 2.46. The summed E-state index contributed by atoms with van der Waals surface area (Å²) in [5.74, 6) is 0.0365. The number of benzene rings is 1. The van der Waals surface area contributed by atoms with Crippen LogP contribution in [0.3, 0.4) is 0 Å². The Morgan fingerprint density at radius 1 is 1.40 bits per heavy atom. The van der Waals surface area contributed by atoms with Crippen molar-refractivity contribution in [1.29, 1.82) is 0 Å². The quantitative estimate of drug-likeness (QED) is 0.893. The molecule has 0 aliphatic rings. The number of carbonyl (C=O) groups excluding carboxylic acids is 1. The fourth-order valence-corrected chi connectivity index (χ4v) is 1.79. The van der Waals surface area contributed by atoms with Gasteiger partial charge in [-0.15, -0.1) is 0 Å². The third-order valence-electron chi connectivity index (χ3n) is 2.98. The summed E-state index contributed by atoms with van der Waals surface area (Å²) < 4.78 is 4.97. The number of aromatic nitrogens is 1. The van der Waals surface area contributed by atoms with Gasteiger partial charge in [0.05, 0.1) is 24.9 Å². The number of phenols is 1. The van der Waals surface area contributed by atoms with E-state index < -0.39 is 0 Å². The predicted molar refractivity (Wildman–Crippen MR) is 74.8 cm³/mol. The Morgan fingerprint density at radius 3 is 2.85 bits per heavy atom. The van der Waals surface area contributed by atoms with Crippen LogP contribution in [0.15, 0.2) is 36.5 Å². The van der Waals surface area contributed by atoms with Gasteiger partial charge in [0.25, 0.3) is 5.91 Å². The summed E-state index contributed by atoms with van der Waals surface area (Å²) >= 11 is 0. The van der Waals surface area contributed by atoms with E-state index in [0.29, 0.717) is 12.3 Å². The number of amides is 1. The second-order valence-corrected chi connectivity index (χ2v) is 4.33. The first kappa shape index (κ1) is 13.9. The van der Waals surface area contributed by atoms with Gasteiger partial charge in [-0.25, -0.2) is 0 Å². The second kappa shape index (κ2) is 6.06. The van der Waals surface area contributed by atoms with Crippen LogP contribution in [0, 0.1) is 6.92 Å². The van der Waals surface area contributed by atoms with E-state index in [9.17, 15) is 9.90 Å². The SMILES string of the molecule is COc1ccc(C(=O)NCc2ncccc2C)c(O)c1. The summed E-state index contributed by atoms with van der Waals surface area (Å²) in [5, 5.41) is 12.5. The third kappa shape index (κ3) is 3.06. The molecule has 2 aromatic rings. The number of nitrogens with zero attached hydrogens (tertiary/aromatic N) is 1. The van der Waals surface area contributed by atoms with Crippen LogP contribution in [0.5, 0.6) is 11.5 Å². The monoisotopic (exact) mass is 272 g/mol. The van der Waals surface area contributed by atoms with E-state index in [0.717, 1.165) is 11.3 Å². The molecule has 0 saturated heterocycles. The van der Waals surface area contributed by atoms with E-state index in [1.54, 1.807) is 12.3 Å². The van der Waals surface area contributed by atoms with Crippen LogP contribution >= 0.6 is 0 Å². The average molecular weight is 272 g/mol. The zero-order chi connectivity index (χ0) is 14.5. The highest BCUT2D eigenvalue weighted by atomic mass is 16.5. The maximum absolute atomic E-state index is 12.0. The van der Waals surface area contributed by atoms with Crippen molar-refractivity contribution in [2.24, 2.45) is 0 Å². The molecule has 5 heteroatoms. The number of pyridine rings is 1. The molecule has 5 nitrogen and oxygen atoms in total. The number of methoxy groups -OCH3 is 1. The van der Waals surface area contributed by atoms with Gasteiger partial charge in [0.15, 0.2) is 0 Å². The van der Waals surface area contributed by atoms with Gasteiger partial charge in [-0.05, 0) is 30.7 Å². The number of aromatic hydroxyl groups is 1. The largest absolute Gasteiger partial charge is 0.507 e. The fourth-order valence-electron chi connectivity index (χ4n) is 1.79. The van der Waals surface area contributed by atoms with Crippen LogP contribution in [-0.4, -0.2) is 23.1 Å². The van der Waals surface area contributed by atoms with Crippen molar-refractivity contribution < 1.29 is 14.6 Å². The summed E-state index contributed by atoms with van der Waals surface area (Å²) in [6, 6.07) is 8.33. The molecule has 0 saturated carbocycles. The molecule has 2 N–H and O–H groups in total. The molecule has 20 heavy (non-hydrogen) atoms. The van der Waals surface area contributed by atoms with E-state index in [1.807, 2.05) is 19.1 Å².